The monoisotopic (exact) mass is 327 g/mol. The van der Waals surface area contributed by atoms with Crippen LogP contribution in [0, 0.1) is 0 Å². The molecular formula is C13H15BrClN3. The Morgan fingerprint density at radius 3 is 3.00 bits per heavy atom. The summed E-state index contributed by atoms with van der Waals surface area (Å²) in [4.78, 5) is 0. The molecule has 0 spiro atoms. The van der Waals surface area contributed by atoms with Gasteiger partial charge in [0.2, 0.25) is 0 Å². The molecule has 0 aliphatic carbocycles. The Hall–Kier alpha value is -0.840. The molecule has 0 aliphatic heterocycles. The Balaban J connectivity index is 2.29. The lowest BCUT2D eigenvalue weighted by molar-refractivity contribution is 0.602. The molecule has 0 fully saturated rings. The van der Waals surface area contributed by atoms with Gasteiger partial charge in [-0.3, -0.25) is 4.68 Å². The molecule has 0 aliphatic rings. The van der Waals surface area contributed by atoms with E-state index in [1.165, 1.54) is 0 Å². The average molecular weight is 329 g/mol. The molecule has 1 heterocycles. The van der Waals surface area contributed by atoms with Crippen LogP contribution in [0.5, 0.6) is 0 Å². The van der Waals surface area contributed by atoms with Crippen LogP contribution < -0.4 is 5.73 Å². The predicted octanol–water partition coefficient (Wildman–Crippen LogP) is 3.76. The van der Waals surface area contributed by atoms with Crippen molar-refractivity contribution in [2.45, 2.75) is 25.9 Å². The van der Waals surface area contributed by atoms with Crippen molar-refractivity contribution in [3.05, 3.63) is 51.2 Å². The maximum atomic E-state index is 6.25. The molecule has 0 amide bonds. The second kappa shape index (κ2) is 5.87. The van der Waals surface area contributed by atoms with Crippen LogP contribution in [0.15, 0.2) is 35.1 Å². The zero-order valence-electron chi connectivity index (χ0n) is 10.1. The number of hydrogen-bond donors (Lipinski definition) is 1. The number of halogens is 2. The lowest BCUT2D eigenvalue weighted by Crippen LogP contribution is -2.12. The van der Waals surface area contributed by atoms with Gasteiger partial charge in [0, 0.05) is 27.8 Å². The molecule has 1 atom stereocenters. The Morgan fingerprint density at radius 2 is 2.28 bits per heavy atom. The first-order chi connectivity index (χ1) is 8.61. The highest BCUT2D eigenvalue weighted by Gasteiger charge is 2.14. The van der Waals surface area contributed by atoms with Gasteiger partial charge in [-0.2, -0.15) is 5.10 Å². The molecule has 2 N–H and O–H groups in total. The van der Waals surface area contributed by atoms with Gasteiger partial charge in [0.1, 0.15) is 0 Å². The highest BCUT2D eigenvalue weighted by atomic mass is 79.9. The summed E-state index contributed by atoms with van der Waals surface area (Å²) >= 11 is 9.51. The van der Waals surface area contributed by atoms with Gasteiger partial charge in [0.05, 0.1) is 12.2 Å². The third-order valence-electron chi connectivity index (χ3n) is 2.76. The number of nitrogens with two attached hydrogens (primary N) is 1. The van der Waals surface area contributed by atoms with Crippen molar-refractivity contribution in [1.82, 2.24) is 9.78 Å². The Labute approximate surface area is 120 Å². The molecule has 1 aromatic carbocycles. The molecule has 0 saturated carbocycles. The van der Waals surface area contributed by atoms with Crippen molar-refractivity contribution >= 4 is 27.5 Å². The average Bonchev–Trinajstić information content (AvgIpc) is 2.80. The quantitative estimate of drug-likeness (QED) is 0.928. The highest BCUT2D eigenvalue weighted by Crippen LogP contribution is 2.29. The van der Waals surface area contributed by atoms with Crippen LogP contribution in [0.2, 0.25) is 5.02 Å². The van der Waals surface area contributed by atoms with E-state index in [0.29, 0.717) is 5.02 Å². The third kappa shape index (κ3) is 2.94. The van der Waals surface area contributed by atoms with Crippen LogP contribution in [0.25, 0.3) is 0 Å². The zero-order valence-corrected chi connectivity index (χ0v) is 12.4. The number of nitrogens with zero attached hydrogens (tertiary/aromatic N) is 2. The normalized spacial score (nSPS) is 12.7. The van der Waals surface area contributed by atoms with Gasteiger partial charge in [-0.1, -0.05) is 34.5 Å². The second-order valence-corrected chi connectivity index (χ2v) is 5.47. The van der Waals surface area contributed by atoms with E-state index in [2.05, 4.69) is 28.0 Å². The summed E-state index contributed by atoms with van der Waals surface area (Å²) in [6, 6.07) is 5.41. The van der Waals surface area contributed by atoms with Crippen LogP contribution in [0.4, 0.5) is 0 Å². The van der Waals surface area contributed by atoms with E-state index in [1.807, 2.05) is 35.3 Å². The number of hydrogen-bond acceptors (Lipinski definition) is 2. The molecule has 5 heteroatoms. The predicted molar refractivity (Wildman–Crippen MR) is 77.7 cm³/mol. The topological polar surface area (TPSA) is 43.8 Å². The van der Waals surface area contributed by atoms with Gasteiger partial charge >= 0.3 is 0 Å². The molecule has 2 aromatic rings. The van der Waals surface area contributed by atoms with E-state index in [4.69, 9.17) is 17.3 Å². The minimum atomic E-state index is -0.219. The highest BCUT2D eigenvalue weighted by molar-refractivity contribution is 9.10. The molecule has 96 valence electrons. The number of rotatable bonds is 4. The van der Waals surface area contributed by atoms with E-state index >= 15 is 0 Å². The van der Waals surface area contributed by atoms with Gasteiger partial charge < -0.3 is 5.73 Å². The minimum absolute atomic E-state index is 0.219. The van der Waals surface area contributed by atoms with Gasteiger partial charge in [-0.05, 0) is 30.2 Å². The summed E-state index contributed by atoms with van der Waals surface area (Å²) in [5.41, 5.74) is 8.22. The van der Waals surface area contributed by atoms with Crippen molar-refractivity contribution in [1.29, 1.82) is 0 Å². The summed E-state index contributed by atoms with van der Waals surface area (Å²) in [6.45, 7) is 3.03. The maximum Gasteiger partial charge on any atom is 0.0594 e. The molecule has 0 bridgehead atoms. The number of aromatic nitrogens is 2. The molecule has 18 heavy (non-hydrogen) atoms. The fourth-order valence-corrected chi connectivity index (χ4v) is 2.50. The summed E-state index contributed by atoms with van der Waals surface area (Å²) in [6.07, 6.45) is 4.85. The minimum Gasteiger partial charge on any atom is -0.320 e. The van der Waals surface area contributed by atoms with Gasteiger partial charge in [-0.25, -0.2) is 0 Å². The van der Waals surface area contributed by atoms with Gasteiger partial charge in [-0.15, -0.1) is 0 Å². The number of aryl methyl sites for hydroxylation is 1. The van der Waals surface area contributed by atoms with Crippen LogP contribution in [0.3, 0.4) is 0 Å². The van der Waals surface area contributed by atoms with Crippen molar-refractivity contribution in [3.63, 3.8) is 0 Å². The van der Waals surface area contributed by atoms with Crippen molar-refractivity contribution < 1.29 is 0 Å². The largest absolute Gasteiger partial charge is 0.320 e. The van der Waals surface area contributed by atoms with Gasteiger partial charge in [0.25, 0.3) is 0 Å². The first-order valence-corrected chi connectivity index (χ1v) is 7.01. The zero-order chi connectivity index (χ0) is 13.1. The second-order valence-electron chi connectivity index (χ2n) is 4.18. The smallest absolute Gasteiger partial charge is 0.0594 e. The van der Waals surface area contributed by atoms with E-state index in [1.54, 1.807) is 0 Å². The Morgan fingerprint density at radius 1 is 1.50 bits per heavy atom. The summed E-state index contributed by atoms with van der Waals surface area (Å²) in [5, 5.41) is 4.98. The first kappa shape index (κ1) is 13.6. The standard InChI is InChI=1S/C13H15BrClN3/c1-2-5-18-8-9(7-17-18)13(16)11-6-10(15)3-4-12(11)14/h3-4,6-8,13H,2,5,16H2,1H3. The van der Waals surface area contributed by atoms with Crippen LogP contribution in [0.1, 0.15) is 30.5 Å². The molecule has 0 saturated heterocycles. The van der Waals surface area contributed by atoms with Crippen LogP contribution >= 0.6 is 27.5 Å². The fourth-order valence-electron chi connectivity index (χ4n) is 1.82. The molecule has 1 aromatic heterocycles. The van der Waals surface area contributed by atoms with E-state index < -0.39 is 0 Å². The van der Waals surface area contributed by atoms with E-state index in [9.17, 15) is 0 Å². The Bertz CT molecular complexity index is 539. The SMILES string of the molecule is CCCn1cc(C(N)c2cc(Cl)ccc2Br)cn1. The van der Waals surface area contributed by atoms with Crippen LogP contribution in [-0.4, -0.2) is 9.78 Å². The lowest BCUT2D eigenvalue weighted by atomic mass is 10.0. The molecule has 1 unspecified atom stereocenters. The Kier molecular flexibility index (Phi) is 4.43. The lowest BCUT2D eigenvalue weighted by Gasteiger charge is -2.12. The first-order valence-electron chi connectivity index (χ1n) is 5.84. The van der Waals surface area contributed by atoms with E-state index in [-0.39, 0.29) is 6.04 Å². The van der Waals surface area contributed by atoms with Crippen molar-refractivity contribution in [2.24, 2.45) is 5.73 Å². The molecular weight excluding hydrogens is 314 g/mol. The summed E-state index contributed by atoms with van der Waals surface area (Å²) < 4.78 is 2.87. The van der Waals surface area contributed by atoms with Crippen molar-refractivity contribution in [2.75, 3.05) is 0 Å². The van der Waals surface area contributed by atoms with Crippen LogP contribution in [-0.2, 0) is 6.54 Å². The molecule has 0 radical (unpaired) electrons. The maximum absolute atomic E-state index is 6.25. The fraction of sp³-hybridized carbons (Fsp3) is 0.308. The van der Waals surface area contributed by atoms with Gasteiger partial charge in [0.15, 0.2) is 0 Å². The van der Waals surface area contributed by atoms with Crippen molar-refractivity contribution in [3.8, 4) is 0 Å². The third-order valence-corrected chi connectivity index (χ3v) is 3.72. The molecule has 2 rings (SSSR count). The summed E-state index contributed by atoms with van der Waals surface area (Å²) in [5.74, 6) is 0. The number of benzene rings is 1. The van der Waals surface area contributed by atoms with E-state index in [0.717, 1.165) is 28.6 Å². The summed E-state index contributed by atoms with van der Waals surface area (Å²) in [7, 11) is 0. The molecule has 3 nitrogen and oxygen atoms in total.